The molecule has 0 fully saturated rings. The zero-order valence-electron chi connectivity index (χ0n) is 8.85. The Bertz CT molecular complexity index is 494. The lowest BCUT2D eigenvalue weighted by atomic mass is 10.2. The van der Waals surface area contributed by atoms with Crippen molar-refractivity contribution >= 4 is 27.6 Å². The van der Waals surface area contributed by atoms with Gasteiger partial charge in [-0.15, -0.1) is 0 Å². The van der Waals surface area contributed by atoms with Crippen molar-refractivity contribution in [1.82, 2.24) is 0 Å². The molecule has 1 rings (SSSR count). The van der Waals surface area contributed by atoms with Crippen LogP contribution in [0.1, 0.15) is 10.4 Å². The first-order chi connectivity index (χ1) is 8.36. The number of benzene rings is 1. The van der Waals surface area contributed by atoms with Gasteiger partial charge in [0.25, 0.3) is 0 Å². The second kappa shape index (κ2) is 5.71. The van der Waals surface area contributed by atoms with Gasteiger partial charge in [0.15, 0.2) is 0 Å². The highest BCUT2D eigenvalue weighted by Gasteiger charge is 2.25. The zero-order valence-corrected chi connectivity index (χ0v) is 10.4. The number of carbonyl (C=O) groups is 1. The summed E-state index contributed by atoms with van der Waals surface area (Å²) < 4.78 is 32.5. The number of esters is 1. The zero-order chi connectivity index (χ0) is 13.9. The largest absolute Gasteiger partial charge is 0.465 e. The van der Waals surface area contributed by atoms with Crippen LogP contribution >= 0.6 is 15.9 Å². The minimum Gasteiger partial charge on any atom is -0.465 e. The number of carbonyl (C=O) groups excluding carboxylic acids is 1. The predicted octanol–water partition coefficient (Wildman–Crippen LogP) is 2.75. The molecule has 0 aromatic heterocycles. The van der Waals surface area contributed by atoms with Gasteiger partial charge in [-0.2, -0.15) is 8.78 Å². The average Bonchev–Trinajstić information content (AvgIpc) is 2.29. The van der Waals surface area contributed by atoms with Gasteiger partial charge in [0, 0.05) is 6.07 Å². The minimum absolute atomic E-state index is 0.141. The lowest BCUT2D eigenvalue weighted by Crippen LogP contribution is -2.08. The van der Waals surface area contributed by atoms with E-state index in [1.54, 1.807) is 0 Å². The van der Waals surface area contributed by atoms with Gasteiger partial charge < -0.3 is 9.47 Å². The fourth-order valence-electron chi connectivity index (χ4n) is 1.16. The van der Waals surface area contributed by atoms with Crippen LogP contribution in [0.3, 0.4) is 0 Å². The Balaban J connectivity index is 3.35. The third-order valence-corrected chi connectivity index (χ3v) is 2.44. The van der Waals surface area contributed by atoms with Gasteiger partial charge in [-0.3, -0.25) is 10.1 Å². The van der Waals surface area contributed by atoms with E-state index < -0.39 is 28.9 Å². The summed E-state index contributed by atoms with van der Waals surface area (Å²) in [6.07, 6.45) is 0. The molecule has 0 spiro atoms. The Morgan fingerprint density at radius 3 is 2.56 bits per heavy atom. The molecule has 0 aliphatic rings. The number of methoxy groups -OCH3 is 1. The third kappa shape index (κ3) is 3.13. The molecule has 18 heavy (non-hydrogen) atoms. The maximum Gasteiger partial charge on any atom is 0.387 e. The molecule has 0 aliphatic carbocycles. The average molecular weight is 326 g/mol. The van der Waals surface area contributed by atoms with E-state index in [1.165, 1.54) is 0 Å². The Hall–Kier alpha value is -1.77. The number of alkyl halides is 2. The van der Waals surface area contributed by atoms with E-state index in [-0.39, 0.29) is 10.0 Å². The van der Waals surface area contributed by atoms with Crippen LogP contribution in [0.15, 0.2) is 16.6 Å². The molecular weight excluding hydrogens is 320 g/mol. The molecule has 0 radical (unpaired) electrons. The fourth-order valence-corrected chi connectivity index (χ4v) is 1.70. The first-order valence-electron chi connectivity index (χ1n) is 4.38. The van der Waals surface area contributed by atoms with Crippen LogP contribution in [0.4, 0.5) is 14.5 Å². The SMILES string of the molecule is COC(=O)c1cc(Br)c(OC(F)F)c([N+](=O)[O-])c1. The summed E-state index contributed by atoms with van der Waals surface area (Å²) in [6.45, 7) is -3.22. The van der Waals surface area contributed by atoms with Gasteiger partial charge in [-0.05, 0) is 22.0 Å². The summed E-state index contributed by atoms with van der Waals surface area (Å²) in [4.78, 5) is 21.0. The number of halogens is 3. The normalized spacial score (nSPS) is 10.3. The molecule has 9 heteroatoms. The Labute approximate surface area is 108 Å². The molecule has 0 atom stereocenters. The molecule has 0 unspecified atom stereocenters. The maximum absolute atomic E-state index is 12.1. The molecule has 6 nitrogen and oxygen atoms in total. The number of hydrogen-bond acceptors (Lipinski definition) is 5. The summed E-state index contributed by atoms with van der Waals surface area (Å²) in [5.41, 5.74) is -0.914. The molecule has 0 bridgehead atoms. The first-order valence-corrected chi connectivity index (χ1v) is 5.17. The standard InChI is InChI=1S/C9H6BrF2NO5/c1-17-8(14)4-2-5(10)7(18-9(11)12)6(3-4)13(15)16/h2-3,9H,1H3. The highest BCUT2D eigenvalue weighted by Crippen LogP contribution is 2.37. The second-order valence-corrected chi connectivity index (χ2v) is 3.79. The van der Waals surface area contributed by atoms with Crippen molar-refractivity contribution in [3.63, 3.8) is 0 Å². The van der Waals surface area contributed by atoms with E-state index in [4.69, 9.17) is 0 Å². The molecular formula is C9H6BrF2NO5. The van der Waals surface area contributed by atoms with Gasteiger partial charge in [0.05, 0.1) is 22.1 Å². The van der Waals surface area contributed by atoms with Crippen molar-refractivity contribution in [1.29, 1.82) is 0 Å². The van der Waals surface area contributed by atoms with Crippen LogP contribution in [-0.4, -0.2) is 24.6 Å². The van der Waals surface area contributed by atoms with E-state index >= 15 is 0 Å². The highest BCUT2D eigenvalue weighted by atomic mass is 79.9. The van der Waals surface area contributed by atoms with Crippen molar-refractivity contribution < 1.29 is 28.0 Å². The second-order valence-electron chi connectivity index (χ2n) is 2.93. The lowest BCUT2D eigenvalue weighted by molar-refractivity contribution is -0.386. The maximum atomic E-state index is 12.1. The Kier molecular flexibility index (Phi) is 4.54. The molecule has 98 valence electrons. The van der Waals surface area contributed by atoms with Crippen LogP contribution in [0.25, 0.3) is 0 Å². The molecule has 0 heterocycles. The van der Waals surface area contributed by atoms with Crippen LogP contribution < -0.4 is 4.74 Å². The van der Waals surface area contributed by atoms with Crippen LogP contribution in [0.5, 0.6) is 5.75 Å². The van der Waals surface area contributed by atoms with E-state index in [0.717, 1.165) is 19.2 Å². The quantitative estimate of drug-likeness (QED) is 0.483. The minimum atomic E-state index is -3.22. The number of ether oxygens (including phenoxy) is 2. The molecule has 0 amide bonds. The topological polar surface area (TPSA) is 78.7 Å². The van der Waals surface area contributed by atoms with Crippen molar-refractivity contribution in [2.45, 2.75) is 6.61 Å². The Morgan fingerprint density at radius 2 is 2.11 bits per heavy atom. The van der Waals surface area contributed by atoms with Crippen LogP contribution in [0.2, 0.25) is 0 Å². The summed E-state index contributed by atoms with van der Waals surface area (Å²) >= 11 is 2.82. The monoisotopic (exact) mass is 325 g/mol. The fraction of sp³-hybridized carbons (Fsp3) is 0.222. The summed E-state index contributed by atoms with van der Waals surface area (Å²) in [5.74, 6) is -1.48. The van der Waals surface area contributed by atoms with E-state index in [0.29, 0.717) is 0 Å². The Morgan fingerprint density at radius 1 is 1.50 bits per heavy atom. The molecule has 0 saturated heterocycles. The molecule has 1 aromatic rings. The molecule has 1 aromatic carbocycles. The van der Waals surface area contributed by atoms with Gasteiger partial charge in [0.2, 0.25) is 5.75 Å². The number of nitrogens with zero attached hydrogens (tertiary/aromatic N) is 1. The lowest BCUT2D eigenvalue weighted by Gasteiger charge is -2.08. The highest BCUT2D eigenvalue weighted by molar-refractivity contribution is 9.10. The van der Waals surface area contributed by atoms with E-state index in [2.05, 4.69) is 25.4 Å². The van der Waals surface area contributed by atoms with Gasteiger partial charge in [-0.25, -0.2) is 4.79 Å². The van der Waals surface area contributed by atoms with Gasteiger partial charge >= 0.3 is 18.3 Å². The number of rotatable bonds is 4. The number of hydrogen-bond donors (Lipinski definition) is 0. The molecule has 0 N–H and O–H groups in total. The third-order valence-electron chi connectivity index (χ3n) is 1.85. The van der Waals surface area contributed by atoms with Crippen molar-refractivity contribution in [2.75, 3.05) is 7.11 Å². The number of nitro groups is 1. The molecule has 0 aliphatic heterocycles. The number of nitro benzene ring substituents is 1. The summed E-state index contributed by atoms with van der Waals surface area (Å²) in [5, 5.41) is 10.7. The van der Waals surface area contributed by atoms with Crippen LogP contribution in [0, 0.1) is 10.1 Å². The summed E-state index contributed by atoms with van der Waals surface area (Å²) in [7, 11) is 1.09. The molecule has 0 saturated carbocycles. The predicted molar refractivity (Wildman–Crippen MR) is 58.8 cm³/mol. The van der Waals surface area contributed by atoms with Crippen molar-refractivity contribution in [3.8, 4) is 5.75 Å². The summed E-state index contributed by atoms with van der Waals surface area (Å²) in [6, 6.07) is 1.89. The van der Waals surface area contributed by atoms with Gasteiger partial charge in [0.1, 0.15) is 0 Å². The van der Waals surface area contributed by atoms with Gasteiger partial charge in [-0.1, -0.05) is 0 Å². The van der Waals surface area contributed by atoms with Crippen molar-refractivity contribution in [3.05, 3.63) is 32.3 Å². The van der Waals surface area contributed by atoms with Crippen LogP contribution in [-0.2, 0) is 4.74 Å². The smallest absolute Gasteiger partial charge is 0.387 e. The van der Waals surface area contributed by atoms with E-state index in [1.807, 2.05) is 0 Å². The van der Waals surface area contributed by atoms with E-state index in [9.17, 15) is 23.7 Å². The van der Waals surface area contributed by atoms with Crippen molar-refractivity contribution in [2.24, 2.45) is 0 Å². The first kappa shape index (κ1) is 14.3.